The molecule has 0 aliphatic rings. The van der Waals surface area contributed by atoms with Gasteiger partial charge in [0.15, 0.2) is 0 Å². The molecule has 0 saturated carbocycles. The molecule has 0 saturated heterocycles. The van der Waals surface area contributed by atoms with Crippen LogP contribution in [0.1, 0.15) is 6.42 Å². The van der Waals surface area contributed by atoms with Gasteiger partial charge in [-0.15, -0.1) is 0 Å². The molecule has 0 fully saturated rings. The van der Waals surface area contributed by atoms with E-state index in [-0.39, 0.29) is 0 Å². The molecule has 0 aromatic rings. The van der Waals surface area contributed by atoms with Crippen molar-refractivity contribution >= 4 is 0 Å². The molecule has 0 radical (unpaired) electrons. The van der Waals surface area contributed by atoms with Crippen molar-refractivity contribution in [3.05, 3.63) is 12.8 Å². The summed E-state index contributed by atoms with van der Waals surface area (Å²) in [6.45, 7) is 1.86. The number of rotatable bonds is 4. The van der Waals surface area contributed by atoms with Crippen LogP contribution < -0.4 is 0 Å². The first-order chi connectivity index (χ1) is 4.99. The lowest BCUT2D eigenvalue weighted by Crippen LogP contribution is -2.22. The minimum Gasteiger partial charge on any atom is -0.496 e. The molecule has 5 heteroatoms. The molecule has 0 rings (SSSR count). The molecule has 0 aromatic carbocycles. The van der Waals surface area contributed by atoms with Crippen LogP contribution >= 0.6 is 0 Å². The van der Waals surface area contributed by atoms with Crippen molar-refractivity contribution in [2.24, 2.45) is 0 Å². The summed E-state index contributed by atoms with van der Waals surface area (Å²) in [5, 5.41) is 0. The Morgan fingerprint density at radius 2 is 2.00 bits per heavy atom. The molecule has 66 valence electrons. The molecular formula is C6H8F4O. The fourth-order valence-electron chi connectivity index (χ4n) is 0.533. The lowest BCUT2D eigenvalue weighted by molar-refractivity contribution is -0.155. The van der Waals surface area contributed by atoms with E-state index in [0.29, 0.717) is 0 Å². The summed E-state index contributed by atoms with van der Waals surface area (Å²) in [6, 6.07) is 0. The van der Waals surface area contributed by atoms with Crippen molar-refractivity contribution in [3.63, 3.8) is 0 Å². The highest BCUT2D eigenvalue weighted by atomic mass is 19.4. The summed E-state index contributed by atoms with van der Waals surface area (Å²) in [7, 11) is 0. The highest BCUT2D eigenvalue weighted by molar-refractivity contribution is 4.65. The molecule has 0 aromatic heterocycles. The Labute approximate surface area is 61.7 Å². The number of hydrogen-bond donors (Lipinski definition) is 0. The summed E-state index contributed by atoms with van der Waals surface area (Å²) in [5.74, 6) is 0. The second-order valence-electron chi connectivity index (χ2n) is 1.90. The topological polar surface area (TPSA) is 9.23 Å². The van der Waals surface area contributed by atoms with Gasteiger partial charge in [0.05, 0.1) is 12.7 Å². The van der Waals surface area contributed by atoms with Gasteiger partial charge >= 0.3 is 6.18 Å². The van der Waals surface area contributed by atoms with Gasteiger partial charge in [-0.25, -0.2) is 4.39 Å². The maximum absolute atomic E-state index is 11.7. The predicted molar refractivity (Wildman–Crippen MR) is 31.7 cm³/mol. The number of hydrogen-bond acceptors (Lipinski definition) is 1. The Bertz CT molecular complexity index is 120. The van der Waals surface area contributed by atoms with E-state index >= 15 is 0 Å². The largest absolute Gasteiger partial charge is 0.496 e. The summed E-state index contributed by atoms with van der Waals surface area (Å²) in [5.41, 5.74) is 0. The summed E-state index contributed by atoms with van der Waals surface area (Å²) in [4.78, 5) is 0. The third-order valence-electron chi connectivity index (χ3n) is 0.920. The first-order valence-corrected chi connectivity index (χ1v) is 2.88. The minimum atomic E-state index is -4.39. The van der Waals surface area contributed by atoms with Gasteiger partial charge in [0.1, 0.15) is 12.8 Å². The van der Waals surface area contributed by atoms with Crippen molar-refractivity contribution in [1.82, 2.24) is 0 Å². The van der Waals surface area contributed by atoms with Crippen molar-refractivity contribution in [3.8, 4) is 0 Å². The summed E-state index contributed by atoms with van der Waals surface area (Å²) < 4.78 is 50.5. The molecule has 1 nitrogen and oxygen atoms in total. The molecule has 1 unspecified atom stereocenters. The lowest BCUT2D eigenvalue weighted by atomic mass is 10.3. The molecule has 0 heterocycles. The molecule has 0 amide bonds. The standard InChI is InChI=1S/C6H8F4O/c1-2-11-5(4-7)3-6(8,9)10/h2,5H,1,3-4H2. The lowest BCUT2D eigenvalue weighted by Gasteiger charge is -2.14. The second kappa shape index (κ2) is 4.20. The molecular weight excluding hydrogens is 164 g/mol. The van der Waals surface area contributed by atoms with E-state index in [4.69, 9.17) is 0 Å². The van der Waals surface area contributed by atoms with E-state index in [1.165, 1.54) is 0 Å². The number of ether oxygens (including phenoxy) is 1. The summed E-state index contributed by atoms with van der Waals surface area (Å²) in [6.07, 6.45) is -6.32. The van der Waals surface area contributed by atoms with Crippen LogP contribution in [0.25, 0.3) is 0 Å². The quantitative estimate of drug-likeness (QED) is 0.467. The molecule has 11 heavy (non-hydrogen) atoms. The maximum atomic E-state index is 11.7. The van der Waals surface area contributed by atoms with E-state index in [9.17, 15) is 17.6 Å². The van der Waals surface area contributed by atoms with Crippen molar-refractivity contribution < 1.29 is 22.3 Å². The average Bonchev–Trinajstić information content (AvgIpc) is 1.84. The van der Waals surface area contributed by atoms with Gasteiger partial charge < -0.3 is 4.74 Å². The van der Waals surface area contributed by atoms with Gasteiger partial charge in [-0.05, 0) is 0 Å². The Morgan fingerprint density at radius 3 is 2.27 bits per heavy atom. The minimum absolute atomic E-state index is 0.802. The van der Waals surface area contributed by atoms with E-state index < -0.39 is 25.4 Å². The molecule has 0 spiro atoms. The third-order valence-corrected chi connectivity index (χ3v) is 0.920. The zero-order valence-electron chi connectivity index (χ0n) is 5.70. The van der Waals surface area contributed by atoms with Crippen LogP contribution in [0.2, 0.25) is 0 Å². The van der Waals surface area contributed by atoms with Crippen LogP contribution in [0.4, 0.5) is 17.6 Å². The SMILES string of the molecule is C=COC(CF)CC(F)(F)F. The fraction of sp³-hybridized carbons (Fsp3) is 0.667. The zero-order chi connectivity index (χ0) is 8.91. The van der Waals surface area contributed by atoms with Crippen molar-refractivity contribution in [1.29, 1.82) is 0 Å². The maximum Gasteiger partial charge on any atom is 0.392 e. The van der Waals surface area contributed by atoms with Crippen molar-refractivity contribution in [2.45, 2.75) is 18.7 Å². The average molecular weight is 172 g/mol. The van der Waals surface area contributed by atoms with Gasteiger partial charge in [-0.3, -0.25) is 0 Å². The third kappa shape index (κ3) is 5.69. The molecule has 0 aliphatic heterocycles. The van der Waals surface area contributed by atoms with Gasteiger partial charge in [0, 0.05) is 0 Å². The van der Waals surface area contributed by atoms with E-state index in [1.54, 1.807) is 0 Å². The normalized spacial score (nSPS) is 14.2. The van der Waals surface area contributed by atoms with E-state index in [0.717, 1.165) is 6.26 Å². The predicted octanol–water partition coefficient (Wildman–Crippen LogP) is 2.44. The Kier molecular flexibility index (Phi) is 3.92. The number of alkyl halides is 4. The van der Waals surface area contributed by atoms with Gasteiger partial charge in [-0.1, -0.05) is 6.58 Å². The second-order valence-corrected chi connectivity index (χ2v) is 1.90. The smallest absolute Gasteiger partial charge is 0.392 e. The van der Waals surface area contributed by atoms with E-state index in [1.807, 2.05) is 0 Å². The zero-order valence-corrected chi connectivity index (χ0v) is 5.70. The molecule has 0 bridgehead atoms. The first-order valence-electron chi connectivity index (χ1n) is 2.88. The van der Waals surface area contributed by atoms with Crippen LogP contribution in [0.5, 0.6) is 0 Å². The Balaban J connectivity index is 3.77. The molecule has 1 atom stereocenters. The molecule has 0 N–H and O–H groups in total. The van der Waals surface area contributed by atoms with Gasteiger partial charge in [-0.2, -0.15) is 13.2 Å². The highest BCUT2D eigenvalue weighted by Crippen LogP contribution is 2.23. The van der Waals surface area contributed by atoms with Crippen LogP contribution in [-0.2, 0) is 4.74 Å². The monoisotopic (exact) mass is 172 g/mol. The van der Waals surface area contributed by atoms with Gasteiger partial charge in [0.25, 0.3) is 0 Å². The first kappa shape index (κ1) is 10.3. The molecule has 0 aliphatic carbocycles. The Morgan fingerprint density at radius 1 is 1.45 bits per heavy atom. The van der Waals surface area contributed by atoms with Crippen LogP contribution in [0.3, 0.4) is 0 Å². The Hall–Kier alpha value is -0.740. The fourth-order valence-corrected chi connectivity index (χ4v) is 0.533. The van der Waals surface area contributed by atoms with E-state index in [2.05, 4.69) is 11.3 Å². The van der Waals surface area contributed by atoms with Crippen molar-refractivity contribution in [2.75, 3.05) is 6.67 Å². The highest BCUT2D eigenvalue weighted by Gasteiger charge is 2.32. The van der Waals surface area contributed by atoms with Crippen LogP contribution in [0, 0.1) is 0 Å². The summed E-state index contributed by atoms with van der Waals surface area (Å²) >= 11 is 0. The number of halogens is 4. The van der Waals surface area contributed by atoms with Crippen LogP contribution in [-0.4, -0.2) is 19.0 Å². The van der Waals surface area contributed by atoms with Gasteiger partial charge in [0.2, 0.25) is 0 Å². The van der Waals surface area contributed by atoms with Crippen LogP contribution in [0.15, 0.2) is 12.8 Å².